The first-order valence-electron chi connectivity index (χ1n) is 9.30. The number of rotatable bonds is 4. The normalized spacial score (nSPS) is 26.6. The van der Waals surface area contributed by atoms with Crippen LogP contribution in [-0.4, -0.2) is 91.2 Å². The van der Waals surface area contributed by atoms with Crippen molar-refractivity contribution in [2.24, 2.45) is 0 Å². The zero-order chi connectivity index (χ0) is 16.9. The molecule has 0 bridgehead atoms. The number of likely N-dealkylation sites (tertiary alicyclic amines) is 1. The second kappa shape index (κ2) is 8.16. The molecule has 0 aromatic carbocycles. The summed E-state index contributed by atoms with van der Waals surface area (Å²) in [5.74, 6) is 0.199. The number of ether oxygens (including phenoxy) is 1. The minimum absolute atomic E-state index is 0.0369. The molecule has 7 nitrogen and oxygen atoms in total. The molecule has 3 aliphatic rings. The Morgan fingerprint density at radius 1 is 1.04 bits per heavy atom. The minimum atomic E-state index is -0.0374. The monoisotopic (exact) mass is 338 g/mol. The average molecular weight is 338 g/mol. The van der Waals surface area contributed by atoms with Crippen LogP contribution in [0.5, 0.6) is 0 Å². The fourth-order valence-corrected chi connectivity index (χ4v) is 3.77. The van der Waals surface area contributed by atoms with Gasteiger partial charge in [-0.1, -0.05) is 0 Å². The summed E-state index contributed by atoms with van der Waals surface area (Å²) in [6.45, 7) is 7.88. The maximum Gasteiger partial charge on any atom is 0.317 e. The molecule has 3 amide bonds. The second-order valence-electron chi connectivity index (χ2n) is 7.14. The molecule has 3 saturated heterocycles. The van der Waals surface area contributed by atoms with Gasteiger partial charge in [0.2, 0.25) is 5.91 Å². The quantitative estimate of drug-likeness (QED) is 0.811. The van der Waals surface area contributed by atoms with Gasteiger partial charge in [-0.15, -0.1) is 0 Å². The molecule has 2 atom stereocenters. The van der Waals surface area contributed by atoms with E-state index in [9.17, 15) is 9.59 Å². The predicted molar refractivity (Wildman–Crippen MR) is 90.8 cm³/mol. The Bertz CT molecular complexity index is 439. The Hall–Kier alpha value is -1.34. The van der Waals surface area contributed by atoms with Gasteiger partial charge in [-0.05, 0) is 45.7 Å². The SMILES string of the molecule is CC(NC(=O)N1CCN(C(=O)CN2CCCC2)CC1)C1CCCO1. The van der Waals surface area contributed by atoms with Gasteiger partial charge < -0.3 is 19.9 Å². The zero-order valence-electron chi connectivity index (χ0n) is 14.7. The van der Waals surface area contributed by atoms with Gasteiger partial charge in [0, 0.05) is 32.8 Å². The van der Waals surface area contributed by atoms with Gasteiger partial charge in [-0.3, -0.25) is 9.69 Å². The summed E-state index contributed by atoms with van der Waals surface area (Å²) in [7, 11) is 0. The molecule has 3 fully saturated rings. The van der Waals surface area contributed by atoms with E-state index in [4.69, 9.17) is 4.74 Å². The third kappa shape index (κ3) is 4.39. The van der Waals surface area contributed by atoms with E-state index in [0.29, 0.717) is 32.7 Å². The number of urea groups is 1. The lowest BCUT2D eigenvalue weighted by atomic mass is 10.1. The number of hydrogen-bond acceptors (Lipinski definition) is 4. The number of hydrogen-bond donors (Lipinski definition) is 1. The number of carbonyl (C=O) groups excluding carboxylic acids is 2. The van der Waals surface area contributed by atoms with Crippen molar-refractivity contribution in [1.29, 1.82) is 0 Å². The van der Waals surface area contributed by atoms with E-state index < -0.39 is 0 Å². The first-order chi connectivity index (χ1) is 11.6. The van der Waals surface area contributed by atoms with E-state index in [1.807, 2.05) is 16.7 Å². The number of carbonyl (C=O) groups is 2. The molecule has 1 N–H and O–H groups in total. The fraction of sp³-hybridized carbons (Fsp3) is 0.882. The Balaban J connectivity index is 1.39. The smallest absolute Gasteiger partial charge is 0.317 e. The summed E-state index contributed by atoms with van der Waals surface area (Å²) in [4.78, 5) is 30.6. The molecule has 24 heavy (non-hydrogen) atoms. The van der Waals surface area contributed by atoms with Gasteiger partial charge in [0.05, 0.1) is 18.7 Å². The van der Waals surface area contributed by atoms with Gasteiger partial charge in [0.1, 0.15) is 0 Å². The zero-order valence-corrected chi connectivity index (χ0v) is 14.7. The lowest BCUT2D eigenvalue weighted by molar-refractivity contribution is -0.133. The molecule has 136 valence electrons. The highest BCUT2D eigenvalue weighted by Crippen LogP contribution is 2.16. The van der Waals surface area contributed by atoms with Crippen LogP contribution in [0.1, 0.15) is 32.6 Å². The second-order valence-corrected chi connectivity index (χ2v) is 7.14. The summed E-state index contributed by atoms with van der Waals surface area (Å²) in [5, 5.41) is 3.04. The third-order valence-electron chi connectivity index (χ3n) is 5.35. The molecule has 3 aliphatic heterocycles. The third-order valence-corrected chi connectivity index (χ3v) is 5.35. The molecule has 0 aromatic heterocycles. The summed E-state index contributed by atoms with van der Waals surface area (Å²) < 4.78 is 5.62. The van der Waals surface area contributed by atoms with Crippen LogP contribution in [0.25, 0.3) is 0 Å². The van der Waals surface area contributed by atoms with Crippen molar-refractivity contribution in [1.82, 2.24) is 20.0 Å². The molecule has 0 saturated carbocycles. The molecule has 3 rings (SSSR count). The maximum absolute atomic E-state index is 12.4. The molecule has 0 radical (unpaired) electrons. The lowest BCUT2D eigenvalue weighted by Gasteiger charge is -2.36. The molecule has 0 aromatic rings. The molecule has 7 heteroatoms. The van der Waals surface area contributed by atoms with Crippen molar-refractivity contribution < 1.29 is 14.3 Å². The number of piperazine rings is 1. The summed E-state index contributed by atoms with van der Waals surface area (Å²) in [6, 6.07) is -0.000491. The van der Waals surface area contributed by atoms with Gasteiger partial charge in [-0.2, -0.15) is 0 Å². The van der Waals surface area contributed by atoms with Gasteiger partial charge in [0.15, 0.2) is 0 Å². The van der Waals surface area contributed by atoms with Gasteiger partial charge >= 0.3 is 6.03 Å². The molecular formula is C17H30N4O3. The highest BCUT2D eigenvalue weighted by atomic mass is 16.5. The van der Waals surface area contributed by atoms with Crippen LogP contribution in [0.2, 0.25) is 0 Å². The van der Waals surface area contributed by atoms with Crippen molar-refractivity contribution in [2.45, 2.75) is 44.8 Å². The molecule has 3 heterocycles. The molecule has 0 spiro atoms. The number of nitrogens with one attached hydrogen (secondary N) is 1. The van der Waals surface area contributed by atoms with Crippen molar-refractivity contribution in [3.05, 3.63) is 0 Å². The van der Waals surface area contributed by atoms with Crippen LogP contribution in [-0.2, 0) is 9.53 Å². The highest BCUT2D eigenvalue weighted by Gasteiger charge is 2.28. The Labute approximate surface area is 144 Å². The van der Waals surface area contributed by atoms with Crippen LogP contribution >= 0.6 is 0 Å². The van der Waals surface area contributed by atoms with E-state index in [2.05, 4.69) is 10.2 Å². The van der Waals surface area contributed by atoms with Gasteiger partial charge in [-0.25, -0.2) is 4.79 Å². The fourth-order valence-electron chi connectivity index (χ4n) is 3.77. The highest BCUT2D eigenvalue weighted by molar-refractivity contribution is 5.79. The van der Waals surface area contributed by atoms with Gasteiger partial charge in [0.25, 0.3) is 0 Å². The van der Waals surface area contributed by atoms with E-state index in [1.54, 1.807) is 0 Å². The maximum atomic E-state index is 12.4. The van der Waals surface area contributed by atoms with Crippen molar-refractivity contribution in [3.8, 4) is 0 Å². The number of nitrogens with zero attached hydrogens (tertiary/aromatic N) is 3. The van der Waals surface area contributed by atoms with Crippen LogP contribution in [0.3, 0.4) is 0 Å². The first-order valence-corrected chi connectivity index (χ1v) is 9.30. The van der Waals surface area contributed by atoms with Crippen LogP contribution < -0.4 is 5.32 Å². The lowest BCUT2D eigenvalue weighted by Crippen LogP contribution is -2.56. The van der Waals surface area contributed by atoms with E-state index in [-0.39, 0.29) is 24.1 Å². The van der Waals surface area contributed by atoms with Crippen molar-refractivity contribution in [2.75, 3.05) is 52.4 Å². The van der Waals surface area contributed by atoms with E-state index >= 15 is 0 Å². The Morgan fingerprint density at radius 3 is 2.33 bits per heavy atom. The van der Waals surface area contributed by atoms with E-state index in [1.165, 1.54) is 12.8 Å². The average Bonchev–Trinajstić information content (AvgIpc) is 3.28. The molecule has 2 unspecified atom stereocenters. The summed E-state index contributed by atoms with van der Waals surface area (Å²) in [5.41, 5.74) is 0. The predicted octanol–water partition coefficient (Wildman–Crippen LogP) is 0.504. The Kier molecular flexibility index (Phi) is 5.94. The standard InChI is InChI=1S/C17H30N4O3/c1-14(15-5-4-12-24-15)18-17(23)21-10-8-20(9-11-21)16(22)13-19-6-2-3-7-19/h14-15H,2-13H2,1H3,(H,18,23). The van der Waals surface area contributed by atoms with Crippen LogP contribution in [0.15, 0.2) is 0 Å². The van der Waals surface area contributed by atoms with Crippen molar-refractivity contribution in [3.63, 3.8) is 0 Å². The summed E-state index contributed by atoms with van der Waals surface area (Å²) >= 11 is 0. The van der Waals surface area contributed by atoms with E-state index in [0.717, 1.165) is 32.5 Å². The van der Waals surface area contributed by atoms with Crippen LogP contribution in [0.4, 0.5) is 4.79 Å². The minimum Gasteiger partial charge on any atom is -0.376 e. The molecular weight excluding hydrogens is 308 g/mol. The number of amides is 3. The largest absolute Gasteiger partial charge is 0.376 e. The summed E-state index contributed by atoms with van der Waals surface area (Å²) in [6.07, 6.45) is 4.62. The van der Waals surface area contributed by atoms with Crippen molar-refractivity contribution >= 4 is 11.9 Å². The van der Waals surface area contributed by atoms with Crippen LogP contribution in [0, 0.1) is 0 Å². The topological polar surface area (TPSA) is 65.1 Å². The molecule has 0 aliphatic carbocycles. The Morgan fingerprint density at radius 2 is 1.71 bits per heavy atom. The first kappa shape index (κ1) is 17.5.